The minimum atomic E-state index is -0.298. The topological polar surface area (TPSA) is 45.6 Å². The average molecular weight is 329 g/mol. The van der Waals surface area contributed by atoms with Crippen LogP contribution in [0.1, 0.15) is 5.56 Å². The molecular formula is C17H16FN3OS. The van der Waals surface area contributed by atoms with Crippen LogP contribution in [0.2, 0.25) is 0 Å². The Morgan fingerprint density at radius 3 is 2.52 bits per heavy atom. The first kappa shape index (κ1) is 16.6. The van der Waals surface area contributed by atoms with Crippen LogP contribution in [0.15, 0.2) is 66.3 Å². The predicted octanol–water partition coefficient (Wildman–Crippen LogP) is 3.71. The van der Waals surface area contributed by atoms with Gasteiger partial charge in [-0.1, -0.05) is 12.7 Å². The molecule has 0 radical (unpaired) electrons. The number of nitrogens with one attached hydrogen (secondary N) is 2. The maximum Gasteiger partial charge on any atom is 0.191 e. The second kappa shape index (κ2) is 8.65. The highest BCUT2D eigenvalue weighted by Crippen LogP contribution is 2.11. The van der Waals surface area contributed by atoms with Crippen LogP contribution in [0, 0.1) is 5.82 Å². The maximum absolute atomic E-state index is 12.8. The van der Waals surface area contributed by atoms with Gasteiger partial charge in [-0.05, 0) is 66.3 Å². The van der Waals surface area contributed by atoms with Crippen LogP contribution in [0.25, 0.3) is 0 Å². The van der Waals surface area contributed by atoms with Crippen molar-refractivity contribution in [1.29, 1.82) is 0 Å². The second-order valence-corrected chi connectivity index (χ2v) is 4.91. The number of nitrogens with zero attached hydrogens (tertiary/aromatic N) is 1. The van der Waals surface area contributed by atoms with E-state index in [-0.39, 0.29) is 5.82 Å². The Morgan fingerprint density at radius 2 is 1.87 bits per heavy atom. The molecule has 23 heavy (non-hydrogen) atoms. The SMILES string of the molecule is C=CCOc1ccc(/C=N\NC(=S)Nc2ccc(F)cc2)cc1. The summed E-state index contributed by atoms with van der Waals surface area (Å²) >= 11 is 5.09. The molecule has 0 saturated carbocycles. The Bertz CT molecular complexity index is 684. The average Bonchev–Trinajstić information content (AvgIpc) is 2.56. The maximum atomic E-state index is 12.8. The number of halogens is 1. The molecule has 4 nitrogen and oxygen atoms in total. The number of hydrazone groups is 1. The van der Waals surface area contributed by atoms with Crippen molar-refractivity contribution in [2.24, 2.45) is 5.10 Å². The van der Waals surface area contributed by atoms with Crippen LogP contribution in [-0.2, 0) is 0 Å². The lowest BCUT2D eigenvalue weighted by molar-refractivity contribution is 0.363. The fraction of sp³-hybridized carbons (Fsp3) is 0.0588. The van der Waals surface area contributed by atoms with Gasteiger partial charge in [0, 0.05) is 5.69 Å². The van der Waals surface area contributed by atoms with Gasteiger partial charge in [-0.15, -0.1) is 0 Å². The Morgan fingerprint density at radius 1 is 1.17 bits per heavy atom. The first-order valence-corrected chi connectivity index (χ1v) is 7.27. The minimum absolute atomic E-state index is 0.298. The minimum Gasteiger partial charge on any atom is -0.490 e. The zero-order chi connectivity index (χ0) is 16.5. The summed E-state index contributed by atoms with van der Waals surface area (Å²) in [5.41, 5.74) is 4.27. The fourth-order valence-corrected chi connectivity index (χ4v) is 1.83. The third kappa shape index (κ3) is 5.88. The molecule has 0 aliphatic rings. The van der Waals surface area contributed by atoms with Gasteiger partial charge in [-0.3, -0.25) is 5.43 Å². The molecule has 0 saturated heterocycles. The van der Waals surface area contributed by atoms with Crippen LogP contribution in [0.4, 0.5) is 10.1 Å². The van der Waals surface area contributed by atoms with Gasteiger partial charge in [0.05, 0.1) is 6.21 Å². The number of hydrogen-bond acceptors (Lipinski definition) is 3. The molecule has 0 bridgehead atoms. The standard InChI is InChI=1S/C17H16FN3OS/c1-2-11-22-16-9-3-13(4-10-16)12-19-21-17(23)20-15-7-5-14(18)6-8-15/h2-10,12H,1,11H2,(H2,20,21,23)/b19-12-. The highest BCUT2D eigenvalue weighted by atomic mass is 32.1. The largest absolute Gasteiger partial charge is 0.490 e. The van der Waals surface area contributed by atoms with E-state index < -0.39 is 0 Å². The van der Waals surface area contributed by atoms with Gasteiger partial charge in [0.2, 0.25) is 0 Å². The summed E-state index contributed by atoms with van der Waals surface area (Å²) in [7, 11) is 0. The van der Waals surface area contributed by atoms with Crippen molar-refractivity contribution in [3.63, 3.8) is 0 Å². The molecule has 0 aliphatic carbocycles. The van der Waals surface area contributed by atoms with E-state index in [2.05, 4.69) is 22.4 Å². The molecule has 0 amide bonds. The molecule has 2 aromatic rings. The number of ether oxygens (including phenoxy) is 1. The van der Waals surface area contributed by atoms with Crippen molar-refractivity contribution in [2.45, 2.75) is 0 Å². The number of benzene rings is 2. The van der Waals surface area contributed by atoms with E-state index in [0.29, 0.717) is 17.4 Å². The van der Waals surface area contributed by atoms with E-state index in [1.165, 1.54) is 12.1 Å². The van der Waals surface area contributed by atoms with Gasteiger partial charge in [0.1, 0.15) is 18.2 Å². The van der Waals surface area contributed by atoms with Crippen LogP contribution in [0.3, 0.4) is 0 Å². The summed E-state index contributed by atoms with van der Waals surface area (Å²) < 4.78 is 18.2. The molecule has 118 valence electrons. The van der Waals surface area contributed by atoms with Crippen LogP contribution in [-0.4, -0.2) is 17.9 Å². The predicted molar refractivity (Wildman–Crippen MR) is 95.5 cm³/mol. The Kier molecular flexibility index (Phi) is 6.26. The molecule has 0 aromatic heterocycles. The summed E-state index contributed by atoms with van der Waals surface area (Å²) in [6.45, 7) is 4.06. The van der Waals surface area contributed by atoms with Crippen molar-refractivity contribution in [3.05, 3.63) is 72.6 Å². The van der Waals surface area contributed by atoms with Crippen LogP contribution in [0.5, 0.6) is 5.75 Å². The molecule has 0 spiro atoms. The molecule has 2 rings (SSSR count). The normalized spacial score (nSPS) is 10.3. The van der Waals surface area contributed by atoms with Gasteiger partial charge in [0.15, 0.2) is 5.11 Å². The molecule has 0 heterocycles. The molecule has 0 fully saturated rings. The fourth-order valence-electron chi connectivity index (χ4n) is 1.66. The van der Waals surface area contributed by atoms with Gasteiger partial charge in [-0.2, -0.15) is 5.10 Å². The number of hydrogen-bond donors (Lipinski definition) is 2. The van der Waals surface area contributed by atoms with E-state index >= 15 is 0 Å². The lowest BCUT2D eigenvalue weighted by Gasteiger charge is -2.06. The first-order valence-electron chi connectivity index (χ1n) is 6.87. The lowest BCUT2D eigenvalue weighted by atomic mass is 10.2. The third-order valence-corrected chi connectivity index (χ3v) is 2.92. The molecular weight excluding hydrogens is 313 g/mol. The smallest absolute Gasteiger partial charge is 0.191 e. The Labute approximate surface area is 139 Å². The Balaban J connectivity index is 1.82. The first-order chi connectivity index (χ1) is 11.2. The van der Waals surface area contributed by atoms with Crippen LogP contribution < -0.4 is 15.5 Å². The quantitative estimate of drug-likeness (QED) is 0.367. The zero-order valence-corrected chi connectivity index (χ0v) is 13.1. The Hall–Kier alpha value is -2.73. The second-order valence-electron chi connectivity index (χ2n) is 4.50. The van der Waals surface area contributed by atoms with Crippen molar-refractivity contribution in [2.75, 3.05) is 11.9 Å². The van der Waals surface area contributed by atoms with Gasteiger partial charge < -0.3 is 10.1 Å². The summed E-state index contributed by atoms with van der Waals surface area (Å²) in [5, 5.41) is 7.25. The highest BCUT2D eigenvalue weighted by molar-refractivity contribution is 7.80. The van der Waals surface area contributed by atoms with E-state index in [4.69, 9.17) is 17.0 Å². The van der Waals surface area contributed by atoms with Crippen molar-refractivity contribution >= 4 is 29.2 Å². The molecule has 6 heteroatoms. The van der Waals surface area contributed by atoms with E-state index in [1.807, 2.05) is 24.3 Å². The van der Waals surface area contributed by atoms with Gasteiger partial charge in [0.25, 0.3) is 0 Å². The number of thiocarbonyl (C=S) groups is 1. The van der Waals surface area contributed by atoms with Crippen molar-refractivity contribution in [3.8, 4) is 5.75 Å². The number of rotatable bonds is 6. The van der Waals surface area contributed by atoms with E-state index in [1.54, 1.807) is 24.4 Å². The molecule has 0 unspecified atom stereocenters. The van der Waals surface area contributed by atoms with Crippen molar-refractivity contribution in [1.82, 2.24) is 5.43 Å². The lowest BCUT2D eigenvalue weighted by Crippen LogP contribution is -2.23. The third-order valence-electron chi connectivity index (χ3n) is 2.73. The zero-order valence-electron chi connectivity index (χ0n) is 12.3. The molecule has 2 aromatic carbocycles. The molecule has 0 atom stereocenters. The summed E-state index contributed by atoms with van der Waals surface area (Å²) in [6, 6.07) is 13.3. The summed E-state index contributed by atoms with van der Waals surface area (Å²) in [6.07, 6.45) is 3.32. The molecule has 2 N–H and O–H groups in total. The van der Waals surface area contributed by atoms with E-state index in [9.17, 15) is 4.39 Å². The van der Waals surface area contributed by atoms with Crippen molar-refractivity contribution < 1.29 is 9.13 Å². The monoisotopic (exact) mass is 329 g/mol. The van der Waals surface area contributed by atoms with Gasteiger partial charge >= 0.3 is 0 Å². The number of anilines is 1. The van der Waals surface area contributed by atoms with E-state index in [0.717, 1.165) is 11.3 Å². The summed E-state index contributed by atoms with van der Waals surface area (Å²) in [4.78, 5) is 0. The van der Waals surface area contributed by atoms with Crippen LogP contribution >= 0.6 is 12.2 Å². The highest BCUT2D eigenvalue weighted by Gasteiger charge is 1.97. The molecule has 0 aliphatic heterocycles. The van der Waals surface area contributed by atoms with Gasteiger partial charge in [-0.25, -0.2) is 4.39 Å². The summed E-state index contributed by atoms with van der Waals surface area (Å²) in [5.74, 6) is 0.469.